The molecule has 3 N–H and O–H groups in total. The first kappa shape index (κ1) is 10.3. The first-order chi connectivity index (χ1) is 5.54. The molecule has 5 nitrogen and oxygen atoms in total. The standard InChI is InChI=1S/C7H14N5.ClH/c1-5-4-6-9-11(2)7(8)12(6,3)10-5;/h4,7,10H,8H2,1-3H3;1H/q+1;. The number of quaternary nitrogens is 1. The van der Waals surface area contributed by atoms with Crippen LogP contribution in [0.15, 0.2) is 16.9 Å². The second kappa shape index (κ2) is 2.87. The SMILES string of the molecule is CC1=CC2=NN(C)C(N)[N+]2(C)N1.Cl. The van der Waals surface area contributed by atoms with E-state index >= 15 is 0 Å². The number of fused-ring (bicyclic) bond motifs is 1. The minimum absolute atomic E-state index is 0. The summed E-state index contributed by atoms with van der Waals surface area (Å²) in [5, 5.41) is 6.08. The molecule has 2 atom stereocenters. The molecule has 0 saturated heterocycles. The Hall–Kier alpha value is -0.780. The molecule has 2 heterocycles. The molecule has 13 heavy (non-hydrogen) atoms. The lowest BCUT2D eigenvalue weighted by Crippen LogP contribution is -2.64. The summed E-state index contributed by atoms with van der Waals surface area (Å²) in [7, 11) is 3.89. The Morgan fingerprint density at radius 2 is 2.31 bits per heavy atom. The Bertz CT molecular complexity index is 287. The van der Waals surface area contributed by atoms with Crippen molar-refractivity contribution in [2.24, 2.45) is 10.8 Å². The molecule has 0 amide bonds. The predicted molar refractivity (Wildman–Crippen MR) is 53.5 cm³/mol. The lowest BCUT2D eigenvalue weighted by molar-refractivity contribution is -0.887. The van der Waals surface area contributed by atoms with E-state index in [-0.39, 0.29) is 18.7 Å². The van der Waals surface area contributed by atoms with Gasteiger partial charge in [0.1, 0.15) is 7.05 Å². The van der Waals surface area contributed by atoms with E-state index in [4.69, 9.17) is 5.73 Å². The Morgan fingerprint density at radius 1 is 1.69 bits per heavy atom. The Kier molecular flexibility index (Phi) is 2.27. The molecule has 2 aliphatic heterocycles. The first-order valence-electron chi connectivity index (χ1n) is 3.94. The molecule has 2 aliphatic rings. The van der Waals surface area contributed by atoms with Gasteiger partial charge in [-0.25, -0.2) is 10.4 Å². The number of nitrogens with two attached hydrogens (primary N) is 1. The van der Waals surface area contributed by atoms with E-state index in [1.54, 1.807) is 5.01 Å². The number of hydrogen-bond acceptors (Lipinski definition) is 4. The third kappa shape index (κ3) is 1.20. The lowest BCUT2D eigenvalue weighted by Gasteiger charge is -2.30. The van der Waals surface area contributed by atoms with Crippen LogP contribution in [-0.4, -0.2) is 35.8 Å². The molecule has 0 fully saturated rings. The summed E-state index contributed by atoms with van der Waals surface area (Å²) in [4.78, 5) is 0. The highest BCUT2D eigenvalue weighted by Gasteiger charge is 2.47. The maximum atomic E-state index is 5.95. The van der Waals surface area contributed by atoms with E-state index in [0.29, 0.717) is 4.59 Å². The minimum atomic E-state index is -0.131. The molecule has 0 spiro atoms. The third-order valence-electron chi connectivity index (χ3n) is 2.40. The highest BCUT2D eigenvalue weighted by Crippen LogP contribution is 2.23. The first-order valence-corrected chi connectivity index (χ1v) is 3.94. The molecule has 2 unspecified atom stereocenters. The van der Waals surface area contributed by atoms with Gasteiger partial charge >= 0.3 is 0 Å². The molecule has 6 heteroatoms. The van der Waals surface area contributed by atoms with Crippen molar-refractivity contribution in [2.45, 2.75) is 13.2 Å². The fraction of sp³-hybridized carbons (Fsp3) is 0.571. The van der Waals surface area contributed by atoms with E-state index in [9.17, 15) is 0 Å². The highest BCUT2D eigenvalue weighted by atomic mass is 35.5. The zero-order valence-electron chi connectivity index (χ0n) is 7.98. The highest BCUT2D eigenvalue weighted by molar-refractivity contribution is 5.89. The van der Waals surface area contributed by atoms with Gasteiger partial charge in [-0.05, 0) is 6.92 Å². The number of hydrazone groups is 1. The summed E-state index contributed by atoms with van der Waals surface area (Å²) >= 11 is 0. The van der Waals surface area contributed by atoms with Crippen molar-refractivity contribution in [3.05, 3.63) is 11.8 Å². The molecule has 0 bridgehead atoms. The van der Waals surface area contributed by atoms with Crippen LogP contribution in [-0.2, 0) is 0 Å². The van der Waals surface area contributed by atoms with Crippen molar-refractivity contribution < 1.29 is 4.59 Å². The number of hydrogen-bond donors (Lipinski definition) is 2. The van der Waals surface area contributed by atoms with Crippen LogP contribution in [0.5, 0.6) is 0 Å². The van der Waals surface area contributed by atoms with Gasteiger partial charge < -0.3 is 0 Å². The summed E-state index contributed by atoms with van der Waals surface area (Å²) in [6.45, 7) is 2.01. The number of amidine groups is 1. The van der Waals surface area contributed by atoms with Crippen molar-refractivity contribution in [3.8, 4) is 0 Å². The summed E-state index contributed by atoms with van der Waals surface area (Å²) in [5.74, 6) is 0.975. The second-order valence-electron chi connectivity index (χ2n) is 3.46. The van der Waals surface area contributed by atoms with Crippen LogP contribution in [0.4, 0.5) is 0 Å². The van der Waals surface area contributed by atoms with Crippen LogP contribution in [0.3, 0.4) is 0 Å². The van der Waals surface area contributed by atoms with E-state index in [1.807, 2.05) is 27.1 Å². The van der Waals surface area contributed by atoms with Crippen LogP contribution in [0.1, 0.15) is 6.92 Å². The zero-order valence-corrected chi connectivity index (χ0v) is 8.80. The third-order valence-corrected chi connectivity index (χ3v) is 2.40. The van der Waals surface area contributed by atoms with E-state index in [0.717, 1.165) is 11.5 Å². The van der Waals surface area contributed by atoms with E-state index in [2.05, 4.69) is 10.5 Å². The lowest BCUT2D eigenvalue weighted by atomic mass is 10.4. The van der Waals surface area contributed by atoms with Gasteiger partial charge in [0, 0.05) is 13.1 Å². The predicted octanol–water partition coefficient (Wildman–Crippen LogP) is -0.222. The molecule has 0 saturated carbocycles. The van der Waals surface area contributed by atoms with Crippen LogP contribution < -0.4 is 11.2 Å². The van der Waals surface area contributed by atoms with Crippen LogP contribution in [0.2, 0.25) is 0 Å². The molecule has 0 aromatic carbocycles. The summed E-state index contributed by atoms with van der Waals surface area (Å²) < 4.78 is 0.488. The normalized spacial score (nSPS) is 36.0. The number of allylic oxidation sites excluding steroid dienone is 1. The topological polar surface area (TPSA) is 53.6 Å². The molecule has 0 aromatic heterocycles. The second-order valence-corrected chi connectivity index (χ2v) is 3.46. The van der Waals surface area contributed by atoms with Crippen molar-refractivity contribution >= 4 is 18.2 Å². The maximum Gasteiger partial charge on any atom is 0.273 e. The molecule has 2 rings (SSSR count). The molecule has 74 valence electrons. The molecular formula is C7H15ClN5+. The number of likely N-dealkylation sites (N-methyl/N-ethyl adjacent to an activating group) is 1. The van der Waals surface area contributed by atoms with Gasteiger partial charge in [0.25, 0.3) is 12.1 Å². The van der Waals surface area contributed by atoms with Crippen molar-refractivity contribution in [1.29, 1.82) is 0 Å². The summed E-state index contributed by atoms with van der Waals surface area (Å²) in [6.07, 6.45) is 1.89. The summed E-state index contributed by atoms with van der Waals surface area (Å²) in [5.41, 5.74) is 10.3. The van der Waals surface area contributed by atoms with Gasteiger partial charge in [0.15, 0.2) is 0 Å². The molecule has 0 radical (unpaired) electrons. The maximum absolute atomic E-state index is 5.95. The fourth-order valence-corrected chi connectivity index (χ4v) is 1.66. The van der Waals surface area contributed by atoms with Gasteiger partial charge in [0.2, 0.25) is 0 Å². The average Bonchev–Trinajstić information content (AvgIpc) is 2.34. The smallest absolute Gasteiger partial charge is 0.259 e. The Balaban J connectivity index is 0.000000845. The van der Waals surface area contributed by atoms with E-state index in [1.165, 1.54) is 0 Å². The summed E-state index contributed by atoms with van der Waals surface area (Å²) in [6, 6.07) is 0. The fourth-order valence-electron chi connectivity index (χ4n) is 1.66. The van der Waals surface area contributed by atoms with Crippen molar-refractivity contribution in [3.63, 3.8) is 0 Å². The molecule has 0 aromatic rings. The van der Waals surface area contributed by atoms with Gasteiger partial charge in [-0.3, -0.25) is 5.73 Å². The van der Waals surface area contributed by atoms with Gasteiger partial charge in [-0.15, -0.1) is 22.1 Å². The van der Waals surface area contributed by atoms with Crippen LogP contribution >= 0.6 is 12.4 Å². The molecule has 0 aliphatic carbocycles. The van der Waals surface area contributed by atoms with Gasteiger partial charge in [0.05, 0.1) is 5.70 Å². The van der Waals surface area contributed by atoms with Crippen LogP contribution in [0.25, 0.3) is 0 Å². The number of rotatable bonds is 0. The number of nitrogens with zero attached hydrogens (tertiary/aromatic N) is 3. The van der Waals surface area contributed by atoms with Gasteiger partial charge in [-0.1, -0.05) is 0 Å². The number of nitrogens with one attached hydrogen (secondary N) is 1. The quantitative estimate of drug-likeness (QED) is 0.537. The largest absolute Gasteiger partial charge is 0.273 e. The monoisotopic (exact) mass is 204 g/mol. The van der Waals surface area contributed by atoms with Gasteiger partial charge in [-0.2, -0.15) is 0 Å². The van der Waals surface area contributed by atoms with Crippen molar-refractivity contribution in [1.82, 2.24) is 10.4 Å². The number of halogens is 1. The Morgan fingerprint density at radius 3 is 2.85 bits per heavy atom. The van der Waals surface area contributed by atoms with Crippen LogP contribution in [0, 0.1) is 0 Å². The molecular weight excluding hydrogens is 190 g/mol. The zero-order chi connectivity index (χ0) is 8.93. The van der Waals surface area contributed by atoms with Crippen molar-refractivity contribution in [2.75, 3.05) is 14.1 Å². The minimum Gasteiger partial charge on any atom is -0.259 e. The Labute approximate surface area is 83.8 Å². The van der Waals surface area contributed by atoms with E-state index < -0.39 is 0 Å². The average molecular weight is 205 g/mol.